The molecular formula is C12H12N2O3. The van der Waals surface area contributed by atoms with Gasteiger partial charge >= 0.3 is 0 Å². The summed E-state index contributed by atoms with van der Waals surface area (Å²) in [5, 5.41) is 0. The Balaban J connectivity index is 2.06. The molecule has 17 heavy (non-hydrogen) atoms. The van der Waals surface area contributed by atoms with E-state index in [4.69, 9.17) is 19.6 Å². The number of benzene rings is 1. The summed E-state index contributed by atoms with van der Waals surface area (Å²) in [7, 11) is 0. The van der Waals surface area contributed by atoms with Crippen LogP contribution in [-0.4, -0.2) is 18.2 Å². The molecule has 5 heteroatoms. The zero-order valence-electron chi connectivity index (χ0n) is 9.40. The third kappa shape index (κ3) is 1.69. The Hall–Kier alpha value is -2.17. The van der Waals surface area contributed by atoms with Crippen molar-refractivity contribution in [3.63, 3.8) is 0 Å². The quantitative estimate of drug-likeness (QED) is 0.814. The highest BCUT2D eigenvalue weighted by molar-refractivity contribution is 5.66. The molecule has 2 aromatic rings. The first kappa shape index (κ1) is 10.0. The number of hydrogen-bond donors (Lipinski definition) is 1. The van der Waals surface area contributed by atoms with Crippen molar-refractivity contribution in [3.05, 3.63) is 24.0 Å². The van der Waals surface area contributed by atoms with Gasteiger partial charge in [-0.2, -0.15) is 4.98 Å². The van der Waals surface area contributed by atoms with Crippen LogP contribution in [0.15, 0.2) is 22.6 Å². The average Bonchev–Trinajstić information content (AvgIpc) is 2.68. The number of rotatable bonds is 1. The van der Waals surface area contributed by atoms with Crippen LogP contribution >= 0.6 is 0 Å². The Morgan fingerprint density at radius 1 is 1.18 bits per heavy atom. The molecule has 0 bridgehead atoms. The second-order valence-electron chi connectivity index (χ2n) is 3.82. The van der Waals surface area contributed by atoms with Crippen LogP contribution in [0.25, 0.3) is 11.3 Å². The summed E-state index contributed by atoms with van der Waals surface area (Å²) in [6, 6.07) is 5.84. The van der Waals surface area contributed by atoms with Gasteiger partial charge in [0.15, 0.2) is 11.5 Å². The zero-order chi connectivity index (χ0) is 11.8. The largest absolute Gasteiger partial charge is 0.486 e. The van der Waals surface area contributed by atoms with E-state index in [0.717, 1.165) is 22.8 Å². The van der Waals surface area contributed by atoms with Crippen LogP contribution in [0.2, 0.25) is 0 Å². The monoisotopic (exact) mass is 232 g/mol. The molecule has 2 heterocycles. The third-order valence-electron chi connectivity index (χ3n) is 2.63. The molecule has 0 fully saturated rings. The van der Waals surface area contributed by atoms with Crippen molar-refractivity contribution in [1.29, 1.82) is 0 Å². The van der Waals surface area contributed by atoms with Crippen LogP contribution in [-0.2, 0) is 0 Å². The van der Waals surface area contributed by atoms with Gasteiger partial charge in [-0.15, -0.1) is 0 Å². The van der Waals surface area contributed by atoms with E-state index in [1.807, 2.05) is 25.1 Å². The number of nitrogens with two attached hydrogens (primary N) is 1. The number of fused-ring (bicyclic) bond motifs is 1. The summed E-state index contributed by atoms with van der Waals surface area (Å²) in [4.78, 5) is 4.14. The first-order valence-corrected chi connectivity index (χ1v) is 5.37. The first-order valence-electron chi connectivity index (χ1n) is 5.37. The van der Waals surface area contributed by atoms with Gasteiger partial charge in [0.2, 0.25) is 0 Å². The maximum Gasteiger partial charge on any atom is 0.292 e. The van der Waals surface area contributed by atoms with Crippen molar-refractivity contribution in [2.24, 2.45) is 0 Å². The Bertz CT molecular complexity index is 563. The van der Waals surface area contributed by atoms with Crippen LogP contribution in [0.5, 0.6) is 11.5 Å². The van der Waals surface area contributed by atoms with Crippen molar-refractivity contribution in [1.82, 2.24) is 4.98 Å². The lowest BCUT2D eigenvalue weighted by Gasteiger charge is -2.18. The zero-order valence-corrected chi connectivity index (χ0v) is 9.40. The summed E-state index contributed by atoms with van der Waals surface area (Å²) >= 11 is 0. The highest BCUT2D eigenvalue weighted by Crippen LogP contribution is 2.35. The SMILES string of the molecule is Cc1oc(N)nc1-c1ccc2c(c1)OCCO2. The number of oxazole rings is 1. The van der Waals surface area contributed by atoms with E-state index < -0.39 is 0 Å². The van der Waals surface area contributed by atoms with Crippen molar-refractivity contribution in [3.8, 4) is 22.8 Å². The number of anilines is 1. The lowest BCUT2D eigenvalue weighted by atomic mass is 10.1. The normalized spacial score (nSPS) is 13.7. The summed E-state index contributed by atoms with van der Waals surface area (Å²) in [6.45, 7) is 2.98. The van der Waals surface area contributed by atoms with Crippen LogP contribution in [0.1, 0.15) is 5.76 Å². The maximum absolute atomic E-state index is 5.52. The summed E-state index contributed by atoms with van der Waals surface area (Å²) in [5.41, 5.74) is 7.17. The van der Waals surface area contributed by atoms with Gasteiger partial charge in [0.05, 0.1) is 0 Å². The summed E-state index contributed by atoms with van der Waals surface area (Å²) < 4.78 is 16.2. The lowest BCUT2D eigenvalue weighted by molar-refractivity contribution is 0.171. The maximum atomic E-state index is 5.52. The molecule has 88 valence electrons. The van der Waals surface area contributed by atoms with Gasteiger partial charge in [-0.25, -0.2) is 0 Å². The second kappa shape index (κ2) is 3.69. The van der Waals surface area contributed by atoms with Crippen molar-refractivity contribution in [2.45, 2.75) is 6.92 Å². The number of hydrogen-bond acceptors (Lipinski definition) is 5. The predicted molar refractivity (Wildman–Crippen MR) is 62.1 cm³/mol. The molecule has 0 atom stereocenters. The van der Waals surface area contributed by atoms with E-state index >= 15 is 0 Å². The lowest BCUT2D eigenvalue weighted by Crippen LogP contribution is -2.15. The van der Waals surface area contributed by atoms with Gasteiger partial charge in [-0.3, -0.25) is 0 Å². The molecule has 1 aliphatic heterocycles. The second-order valence-corrected chi connectivity index (χ2v) is 3.82. The Morgan fingerprint density at radius 3 is 2.65 bits per heavy atom. The Kier molecular flexibility index (Phi) is 2.18. The van der Waals surface area contributed by atoms with E-state index in [9.17, 15) is 0 Å². The molecule has 0 amide bonds. The fraction of sp³-hybridized carbons (Fsp3) is 0.250. The minimum Gasteiger partial charge on any atom is -0.486 e. The summed E-state index contributed by atoms with van der Waals surface area (Å²) in [6.07, 6.45) is 0. The minimum atomic E-state index is 0.174. The van der Waals surface area contributed by atoms with Crippen LogP contribution in [0.3, 0.4) is 0 Å². The molecule has 0 saturated carbocycles. The number of aromatic nitrogens is 1. The van der Waals surface area contributed by atoms with Crippen LogP contribution in [0.4, 0.5) is 6.01 Å². The molecule has 0 radical (unpaired) electrons. The standard InChI is InChI=1S/C12H12N2O3/c1-7-11(14-12(13)17-7)8-2-3-9-10(6-8)16-5-4-15-9/h2-3,6H,4-5H2,1H3,(H2,13,14). The highest BCUT2D eigenvalue weighted by Gasteiger charge is 2.15. The fourth-order valence-corrected chi connectivity index (χ4v) is 1.88. The Labute approximate surface area is 98.2 Å². The molecule has 5 nitrogen and oxygen atoms in total. The molecule has 0 spiro atoms. The first-order chi connectivity index (χ1) is 8.24. The smallest absolute Gasteiger partial charge is 0.292 e. The van der Waals surface area contributed by atoms with Gasteiger partial charge in [0.1, 0.15) is 24.7 Å². The van der Waals surface area contributed by atoms with E-state index in [1.165, 1.54) is 0 Å². The fourth-order valence-electron chi connectivity index (χ4n) is 1.88. The highest BCUT2D eigenvalue weighted by atomic mass is 16.6. The molecule has 2 N–H and O–H groups in total. The van der Waals surface area contributed by atoms with Crippen molar-refractivity contribution < 1.29 is 13.9 Å². The molecular weight excluding hydrogens is 220 g/mol. The van der Waals surface area contributed by atoms with Gasteiger partial charge in [-0.05, 0) is 25.1 Å². The van der Waals surface area contributed by atoms with Gasteiger partial charge < -0.3 is 19.6 Å². The molecule has 1 aromatic carbocycles. The van der Waals surface area contributed by atoms with E-state index in [1.54, 1.807) is 0 Å². The average molecular weight is 232 g/mol. The number of nitrogens with zero attached hydrogens (tertiary/aromatic N) is 1. The van der Waals surface area contributed by atoms with Gasteiger partial charge in [-0.1, -0.05) is 0 Å². The minimum absolute atomic E-state index is 0.174. The van der Waals surface area contributed by atoms with Crippen molar-refractivity contribution >= 4 is 6.01 Å². The molecule has 0 aliphatic carbocycles. The van der Waals surface area contributed by atoms with Crippen molar-refractivity contribution in [2.75, 3.05) is 18.9 Å². The molecule has 1 aliphatic rings. The molecule has 0 saturated heterocycles. The third-order valence-corrected chi connectivity index (χ3v) is 2.63. The number of ether oxygens (including phenoxy) is 2. The number of nitrogen functional groups attached to an aromatic ring is 1. The topological polar surface area (TPSA) is 70.5 Å². The van der Waals surface area contributed by atoms with E-state index in [-0.39, 0.29) is 6.01 Å². The van der Waals surface area contributed by atoms with E-state index in [0.29, 0.717) is 19.0 Å². The van der Waals surface area contributed by atoms with Crippen LogP contribution in [0, 0.1) is 6.92 Å². The molecule has 1 aromatic heterocycles. The predicted octanol–water partition coefficient (Wildman–Crippen LogP) is 2.00. The van der Waals surface area contributed by atoms with Gasteiger partial charge in [0.25, 0.3) is 6.01 Å². The van der Waals surface area contributed by atoms with E-state index in [2.05, 4.69) is 4.98 Å². The molecule has 3 rings (SSSR count). The Morgan fingerprint density at radius 2 is 1.94 bits per heavy atom. The van der Waals surface area contributed by atoms with Crippen LogP contribution < -0.4 is 15.2 Å². The van der Waals surface area contributed by atoms with Gasteiger partial charge in [0, 0.05) is 5.56 Å². The summed E-state index contributed by atoms with van der Waals surface area (Å²) in [5.74, 6) is 2.18. The number of aryl methyl sites for hydroxylation is 1. The molecule has 0 unspecified atom stereocenters.